The van der Waals surface area contributed by atoms with Crippen LogP contribution in [0, 0.1) is 0 Å². The Labute approximate surface area is 90.3 Å². The van der Waals surface area contributed by atoms with Gasteiger partial charge in [0, 0.05) is 11.4 Å². The van der Waals surface area contributed by atoms with E-state index in [1.54, 1.807) is 6.08 Å². The molecule has 0 spiro atoms. The lowest BCUT2D eigenvalue weighted by molar-refractivity contribution is 0.589. The Morgan fingerprint density at radius 2 is 2.36 bits per heavy atom. The summed E-state index contributed by atoms with van der Waals surface area (Å²) in [6.07, 6.45) is 2.84. The van der Waals surface area contributed by atoms with E-state index < -0.39 is 9.84 Å². The molecule has 0 saturated heterocycles. The minimum absolute atomic E-state index is 0.0339. The van der Waals surface area contributed by atoms with Gasteiger partial charge in [0.25, 0.3) is 0 Å². The lowest BCUT2D eigenvalue weighted by Gasteiger charge is -2.08. The highest BCUT2D eigenvalue weighted by Gasteiger charge is 2.20. The predicted molar refractivity (Wildman–Crippen MR) is 62.3 cm³/mol. The van der Waals surface area contributed by atoms with Gasteiger partial charge in [-0.2, -0.15) is 11.8 Å². The van der Waals surface area contributed by atoms with Crippen LogP contribution in [0.25, 0.3) is 0 Å². The summed E-state index contributed by atoms with van der Waals surface area (Å²) in [7, 11) is -2.89. The minimum atomic E-state index is -2.89. The first-order valence-corrected chi connectivity index (χ1v) is 7.73. The molecule has 0 aliphatic carbocycles. The van der Waals surface area contributed by atoms with Crippen LogP contribution in [0.15, 0.2) is 11.5 Å². The number of sulfone groups is 1. The maximum absolute atomic E-state index is 11.0. The van der Waals surface area contributed by atoms with Crippen molar-refractivity contribution in [2.45, 2.75) is 19.4 Å². The molecule has 14 heavy (non-hydrogen) atoms. The van der Waals surface area contributed by atoms with Crippen LogP contribution in [0.3, 0.4) is 0 Å². The van der Waals surface area contributed by atoms with Gasteiger partial charge in [-0.1, -0.05) is 13.0 Å². The van der Waals surface area contributed by atoms with E-state index in [1.807, 2.05) is 11.8 Å². The summed E-state index contributed by atoms with van der Waals surface area (Å²) in [5.74, 6) is 2.53. The van der Waals surface area contributed by atoms with Gasteiger partial charge in [0.15, 0.2) is 9.84 Å². The quantitative estimate of drug-likeness (QED) is 0.699. The SMILES string of the molecule is CCSCCCNC1C=CS(=O)(=O)C1. The molecule has 1 N–H and O–H groups in total. The fraction of sp³-hybridized carbons (Fsp3) is 0.778. The smallest absolute Gasteiger partial charge is 0.173 e. The van der Waals surface area contributed by atoms with Crippen molar-refractivity contribution in [3.8, 4) is 0 Å². The van der Waals surface area contributed by atoms with Crippen LogP contribution in [0.4, 0.5) is 0 Å². The number of hydrogen-bond donors (Lipinski definition) is 1. The van der Waals surface area contributed by atoms with E-state index in [1.165, 1.54) is 5.41 Å². The molecule has 0 amide bonds. The van der Waals surface area contributed by atoms with Crippen molar-refractivity contribution in [3.63, 3.8) is 0 Å². The Kier molecular flexibility index (Phi) is 4.98. The first kappa shape index (κ1) is 12.1. The summed E-state index contributed by atoms with van der Waals surface area (Å²) in [4.78, 5) is 0. The third-order valence-electron chi connectivity index (χ3n) is 2.01. The van der Waals surface area contributed by atoms with Crippen molar-refractivity contribution in [3.05, 3.63) is 11.5 Å². The zero-order valence-electron chi connectivity index (χ0n) is 8.40. The van der Waals surface area contributed by atoms with Crippen molar-refractivity contribution in [1.82, 2.24) is 5.32 Å². The highest BCUT2D eigenvalue weighted by Crippen LogP contribution is 2.08. The number of thioether (sulfide) groups is 1. The fourth-order valence-corrected chi connectivity index (χ4v) is 3.22. The Bertz CT molecular complexity index is 285. The van der Waals surface area contributed by atoms with E-state index >= 15 is 0 Å². The van der Waals surface area contributed by atoms with Crippen molar-refractivity contribution >= 4 is 21.6 Å². The summed E-state index contributed by atoms with van der Waals surface area (Å²) in [5.41, 5.74) is 0. The van der Waals surface area contributed by atoms with Crippen LogP contribution in [-0.4, -0.2) is 38.3 Å². The lowest BCUT2D eigenvalue weighted by atomic mass is 10.3. The van der Waals surface area contributed by atoms with E-state index in [-0.39, 0.29) is 11.8 Å². The summed E-state index contributed by atoms with van der Waals surface area (Å²) in [5, 5.41) is 4.53. The second kappa shape index (κ2) is 5.78. The highest BCUT2D eigenvalue weighted by atomic mass is 32.2. The normalized spacial score (nSPS) is 24.2. The zero-order chi connectivity index (χ0) is 10.4. The van der Waals surface area contributed by atoms with Gasteiger partial charge in [-0.3, -0.25) is 0 Å². The van der Waals surface area contributed by atoms with E-state index in [2.05, 4.69) is 12.2 Å². The Morgan fingerprint density at radius 3 is 2.93 bits per heavy atom. The molecule has 1 aliphatic rings. The van der Waals surface area contributed by atoms with Gasteiger partial charge in [-0.05, 0) is 24.5 Å². The average Bonchev–Trinajstić information content (AvgIpc) is 2.45. The van der Waals surface area contributed by atoms with Crippen molar-refractivity contribution in [1.29, 1.82) is 0 Å². The van der Waals surface area contributed by atoms with Crippen molar-refractivity contribution < 1.29 is 8.42 Å². The van der Waals surface area contributed by atoms with Crippen LogP contribution in [0.1, 0.15) is 13.3 Å². The number of hydrogen-bond acceptors (Lipinski definition) is 4. The second-order valence-electron chi connectivity index (χ2n) is 3.27. The van der Waals surface area contributed by atoms with Crippen LogP contribution < -0.4 is 5.32 Å². The fourth-order valence-electron chi connectivity index (χ4n) is 1.31. The third kappa shape index (κ3) is 4.48. The summed E-state index contributed by atoms with van der Waals surface area (Å²) >= 11 is 1.91. The van der Waals surface area contributed by atoms with Crippen molar-refractivity contribution in [2.75, 3.05) is 23.8 Å². The van der Waals surface area contributed by atoms with E-state index in [9.17, 15) is 8.42 Å². The van der Waals surface area contributed by atoms with E-state index in [0.29, 0.717) is 0 Å². The molecular weight excluding hydrogens is 218 g/mol. The van der Waals surface area contributed by atoms with Crippen molar-refractivity contribution in [2.24, 2.45) is 0 Å². The van der Waals surface area contributed by atoms with Crippen LogP contribution in [0.5, 0.6) is 0 Å². The van der Waals surface area contributed by atoms with Gasteiger partial charge in [0.1, 0.15) is 0 Å². The van der Waals surface area contributed by atoms with Gasteiger partial charge < -0.3 is 5.32 Å². The summed E-state index contributed by atoms with van der Waals surface area (Å²) in [6.45, 7) is 3.04. The minimum Gasteiger partial charge on any atom is -0.310 e. The topological polar surface area (TPSA) is 46.2 Å². The monoisotopic (exact) mass is 235 g/mol. The van der Waals surface area contributed by atoms with Gasteiger partial charge in [-0.25, -0.2) is 8.42 Å². The number of rotatable bonds is 6. The number of nitrogens with one attached hydrogen (secondary N) is 1. The predicted octanol–water partition coefficient (Wildman–Crippen LogP) is 1.03. The largest absolute Gasteiger partial charge is 0.310 e. The van der Waals surface area contributed by atoms with Gasteiger partial charge in [0.2, 0.25) is 0 Å². The molecule has 5 heteroatoms. The maximum Gasteiger partial charge on any atom is 0.173 e. The van der Waals surface area contributed by atoms with E-state index in [4.69, 9.17) is 0 Å². The molecule has 0 aromatic heterocycles. The lowest BCUT2D eigenvalue weighted by Crippen LogP contribution is -2.31. The molecule has 0 bridgehead atoms. The first-order valence-electron chi connectivity index (χ1n) is 4.86. The Balaban J connectivity index is 2.07. The first-order chi connectivity index (χ1) is 6.64. The maximum atomic E-state index is 11.0. The molecule has 0 aromatic rings. The Hall–Kier alpha value is -0.0000000000000000555. The molecule has 1 aliphatic heterocycles. The second-order valence-corrected chi connectivity index (χ2v) is 6.59. The molecule has 0 saturated carbocycles. The molecule has 0 radical (unpaired) electrons. The summed E-state index contributed by atoms with van der Waals surface area (Å²) in [6, 6.07) is 0.0339. The van der Waals surface area contributed by atoms with Crippen LogP contribution in [-0.2, 0) is 9.84 Å². The van der Waals surface area contributed by atoms with Crippen LogP contribution in [0.2, 0.25) is 0 Å². The molecule has 0 fully saturated rings. The molecular formula is C9H17NO2S2. The van der Waals surface area contributed by atoms with Gasteiger partial charge >= 0.3 is 0 Å². The molecule has 1 unspecified atom stereocenters. The van der Waals surface area contributed by atoms with E-state index in [0.717, 1.165) is 24.5 Å². The average molecular weight is 235 g/mol. The van der Waals surface area contributed by atoms with Crippen LogP contribution >= 0.6 is 11.8 Å². The molecule has 0 aromatic carbocycles. The van der Waals surface area contributed by atoms with Gasteiger partial charge in [0.05, 0.1) is 5.75 Å². The zero-order valence-corrected chi connectivity index (χ0v) is 10.0. The molecule has 1 heterocycles. The molecule has 1 atom stereocenters. The molecule has 3 nitrogen and oxygen atoms in total. The standard InChI is InChI=1S/C9H17NO2S2/c1-2-13-6-3-5-10-9-4-7-14(11,12)8-9/h4,7,9-10H,2-3,5-6,8H2,1H3. The molecule has 82 valence electrons. The molecule has 1 rings (SSSR count). The van der Waals surface area contributed by atoms with Gasteiger partial charge in [-0.15, -0.1) is 0 Å². The Morgan fingerprint density at radius 1 is 1.57 bits per heavy atom. The highest BCUT2D eigenvalue weighted by molar-refractivity contribution is 7.99. The summed E-state index contributed by atoms with van der Waals surface area (Å²) < 4.78 is 22.1. The third-order valence-corrected chi connectivity index (χ3v) is 4.39.